The lowest BCUT2D eigenvalue weighted by Gasteiger charge is -2.27. The molecule has 0 aliphatic heterocycles. The Morgan fingerprint density at radius 2 is 2.18 bits per heavy atom. The number of nitrogens with zero attached hydrogens (tertiary/aromatic N) is 1. The zero-order valence-electron chi connectivity index (χ0n) is 10.3. The van der Waals surface area contributed by atoms with Crippen LogP contribution in [-0.2, 0) is 6.54 Å². The van der Waals surface area contributed by atoms with Gasteiger partial charge in [0.25, 0.3) is 0 Å². The third-order valence-corrected chi connectivity index (χ3v) is 3.50. The number of methoxy groups -OCH3 is 1. The molecule has 1 aromatic rings. The Morgan fingerprint density at radius 3 is 2.82 bits per heavy atom. The van der Waals surface area contributed by atoms with Crippen LogP contribution >= 0.6 is 0 Å². The van der Waals surface area contributed by atoms with Crippen LogP contribution in [0.25, 0.3) is 0 Å². The van der Waals surface area contributed by atoms with Gasteiger partial charge < -0.3 is 15.2 Å². The van der Waals surface area contributed by atoms with E-state index in [0.717, 1.165) is 18.5 Å². The number of aliphatic hydroxyl groups is 1. The van der Waals surface area contributed by atoms with Crippen LogP contribution in [0.15, 0.2) is 18.2 Å². The van der Waals surface area contributed by atoms with E-state index >= 15 is 0 Å². The summed E-state index contributed by atoms with van der Waals surface area (Å²) in [7, 11) is 1.62. The molecule has 17 heavy (non-hydrogen) atoms. The Kier molecular flexibility index (Phi) is 3.97. The Balaban J connectivity index is 1.96. The number of nitrogens with one attached hydrogen (secondary N) is 1. The molecule has 0 unspecified atom stereocenters. The highest BCUT2D eigenvalue weighted by molar-refractivity contribution is 5.15. The van der Waals surface area contributed by atoms with Crippen molar-refractivity contribution in [2.24, 2.45) is 0 Å². The third kappa shape index (κ3) is 2.96. The molecule has 2 N–H and O–H groups in total. The fraction of sp³-hybridized carbons (Fsp3) is 0.615. The SMILES string of the molecule is COc1cccc(CNC2(CO)CCCC2)n1. The monoisotopic (exact) mass is 236 g/mol. The number of hydrogen-bond donors (Lipinski definition) is 2. The van der Waals surface area contributed by atoms with Crippen molar-refractivity contribution in [3.8, 4) is 5.88 Å². The van der Waals surface area contributed by atoms with Crippen LogP contribution < -0.4 is 10.1 Å². The highest BCUT2D eigenvalue weighted by atomic mass is 16.5. The topological polar surface area (TPSA) is 54.4 Å². The Hall–Kier alpha value is -1.13. The van der Waals surface area contributed by atoms with E-state index in [1.807, 2.05) is 18.2 Å². The molecule has 4 nitrogen and oxygen atoms in total. The quantitative estimate of drug-likeness (QED) is 0.813. The van der Waals surface area contributed by atoms with Crippen molar-refractivity contribution in [3.63, 3.8) is 0 Å². The van der Waals surface area contributed by atoms with Crippen LogP contribution in [0, 0.1) is 0 Å². The zero-order chi connectivity index (χ0) is 12.1. The molecule has 1 saturated carbocycles. The fourth-order valence-electron chi connectivity index (χ4n) is 2.39. The largest absolute Gasteiger partial charge is 0.481 e. The lowest BCUT2D eigenvalue weighted by molar-refractivity contribution is 0.162. The van der Waals surface area contributed by atoms with Crippen LogP contribution in [0.4, 0.5) is 0 Å². The summed E-state index contributed by atoms with van der Waals surface area (Å²) in [5.74, 6) is 0.633. The first kappa shape index (κ1) is 12.3. The minimum atomic E-state index is -0.0925. The Morgan fingerprint density at radius 1 is 1.41 bits per heavy atom. The summed E-state index contributed by atoms with van der Waals surface area (Å²) in [6, 6.07) is 5.74. The van der Waals surface area contributed by atoms with Gasteiger partial charge >= 0.3 is 0 Å². The smallest absolute Gasteiger partial charge is 0.213 e. The number of aliphatic hydroxyl groups excluding tert-OH is 1. The molecule has 0 aromatic carbocycles. The molecule has 1 heterocycles. The van der Waals surface area contributed by atoms with Gasteiger partial charge in [-0.3, -0.25) is 0 Å². The Labute approximate surface area is 102 Å². The Bertz CT molecular complexity index is 362. The predicted octanol–water partition coefficient (Wildman–Crippen LogP) is 1.48. The van der Waals surface area contributed by atoms with E-state index in [1.165, 1.54) is 12.8 Å². The molecular formula is C13H20N2O2. The van der Waals surface area contributed by atoms with Gasteiger partial charge in [0, 0.05) is 18.2 Å². The van der Waals surface area contributed by atoms with E-state index in [1.54, 1.807) is 7.11 Å². The van der Waals surface area contributed by atoms with Crippen LogP contribution in [-0.4, -0.2) is 29.3 Å². The predicted molar refractivity (Wildman–Crippen MR) is 65.9 cm³/mol. The summed E-state index contributed by atoms with van der Waals surface area (Å²) in [4.78, 5) is 4.35. The summed E-state index contributed by atoms with van der Waals surface area (Å²) >= 11 is 0. The first-order valence-corrected chi connectivity index (χ1v) is 6.14. The molecule has 1 aromatic heterocycles. The average molecular weight is 236 g/mol. The molecular weight excluding hydrogens is 216 g/mol. The molecule has 0 amide bonds. The maximum absolute atomic E-state index is 9.49. The minimum Gasteiger partial charge on any atom is -0.481 e. The fourth-order valence-corrected chi connectivity index (χ4v) is 2.39. The van der Waals surface area contributed by atoms with Gasteiger partial charge in [0.1, 0.15) is 0 Å². The van der Waals surface area contributed by atoms with Crippen molar-refractivity contribution in [1.82, 2.24) is 10.3 Å². The van der Waals surface area contributed by atoms with E-state index < -0.39 is 0 Å². The van der Waals surface area contributed by atoms with E-state index in [0.29, 0.717) is 12.4 Å². The van der Waals surface area contributed by atoms with Crippen molar-refractivity contribution in [3.05, 3.63) is 23.9 Å². The lowest BCUT2D eigenvalue weighted by atomic mass is 9.99. The molecule has 0 spiro atoms. The van der Waals surface area contributed by atoms with E-state index in [-0.39, 0.29) is 12.1 Å². The van der Waals surface area contributed by atoms with E-state index in [4.69, 9.17) is 4.74 Å². The number of ether oxygens (including phenoxy) is 1. The summed E-state index contributed by atoms with van der Waals surface area (Å²) in [6.45, 7) is 0.884. The summed E-state index contributed by atoms with van der Waals surface area (Å²) in [5, 5.41) is 12.9. The molecule has 0 saturated heterocycles. The van der Waals surface area contributed by atoms with Gasteiger partial charge in [-0.25, -0.2) is 4.98 Å². The number of aromatic nitrogens is 1. The summed E-state index contributed by atoms with van der Waals surface area (Å²) < 4.78 is 5.09. The van der Waals surface area contributed by atoms with E-state index in [2.05, 4.69) is 10.3 Å². The third-order valence-electron chi connectivity index (χ3n) is 3.50. The molecule has 0 radical (unpaired) electrons. The van der Waals surface area contributed by atoms with Gasteiger partial charge in [0.15, 0.2) is 0 Å². The number of rotatable bonds is 5. The van der Waals surface area contributed by atoms with Gasteiger partial charge in [0.2, 0.25) is 5.88 Å². The zero-order valence-corrected chi connectivity index (χ0v) is 10.3. The van der Waals surface area contributed by atoms with Gasteiger partial charge in [0.05, 0.1) is 19.4 Å². The van der Waals surface area contributed by atoms with Crippen molar-refractivity contribution < 1.29 is 9.84 Å². The van der Waals surface area contributed by atoms with Crippen LogP contribution in [0.2, 0.25) is 0 Å². The van der Waals surface area contributed by atoms with Crippen molar-refractivity contribution in [1.29, 1.82) is 0 Å². The second-order valence-corrected chi connectivity index (χ2v) is 4.67. The molecule has 4 heteroatoms. The minimum absolute atomic E-state index is 0.0925. The molecule has 2 rings (SSSR count). The van der Waals surface area contributed by atoms with Crippen LogP contribution in [0.1, 0.15) is 31.4 Å². The number of hydrogen-bond acceptors (Lipinski definition) is 4. The first-order chi connectivity index (χ1) is 8.28. The second kappa shape index (κ2) is 5.47. The van der Waals surface area contributed by atoms with Gasteiger partial charge in [-0.1, -0.05) is 18.9 Å². The standard InChI is InChI=1S/C13H20N2O2/c1-17-12-6-4-5-11(15-12)9-14-13(10-16)7-2-3-8-13/h4-6,14,16H,2-3,7-10H2,1H3. The lowest BCUT2D eigenvalue weighted by Crippen LogP contribution is -2.45. The molecule has 0 bridgehead atoms. The van der Waals surface area contributed by atoms with Crippen molar-refractivity contribution >= 4 is 0 Å². The highest BCUT2D eigenvalue weighted by Gasteiger charge is 2.32. The van der Waals surface area contributed by atoms with Crippen LogP contribution in [0.5, 0.6) is 5.88 Å². The molecule has 0 atom stereocenters. The van der Waals surface area contributed by atoms with Crippen molar-refractivity contribution in [2.75, 3.05) is 13.7 Å². The normalized spacial score (nSPS) is 18.2. The van der Waals surface area contributed by atoms with Crippen molar-refractivity contribution in [2.45, 2.75) is 37.8 Å². The maximum Gasteiger partial charge on any atom is 0.213 e. The molecule has 1 fully saturated rings. The summed E-state index contributed by atoms with van der Waals surface area (Å²) in [6.07, 6.45) is 4.49. The highest BCUT2D eigenvalue weighted by Crippen LogP contribution is 2.29. The molecule has 1 aliphatic rings. The molecule has 94 valence electrons. The van der Waals surface area contributed by atoms with Gasteiger partial charge in [-0.15, -0.1) is 0 Å². The molecule has 1 aliphatic carbocycles. The second-order valence-electron chi connectivity index (χ2n) is 4.67. The number of pyridine rings is 1. The first-order valence-electron chi connectivity index (χ1n) is 6.14. The van der Waals surface area contributed by atoms with Gasteiger partial charge in [-0.2, -0.15) is 0 Å². The van der Waals surface area contributed by atoms with Gasteiger partial charge in [-0.05, 0) is 18.9 Å². The van der Waals surface area contributed by atoms with E-state index in [9.17, 15) is 5.11 Å². The maximum atomic E-state index is 9.49. The van der Waals surface area contributed by atoms with Crippen LogP contribution in [0.3, 0.4) is 0 Å². The summed E-state index contributed by atoms with van der Waals surface area (Å²) in [5.41, 5.74) is 0.856. The average Bonchev–Trinajstić information content (AvgIpc) is 2.86.